The van der Waals surface area contributed by atoms with Crippen LogP contribution in [-0.2, 0) is 0 Å². The predicted octanol–water partition coefficient (Wildman–Crippen LogP) is 10.9. The number of aromatic nitrogens is 3. The summed E-state index contributed by atoms with van der Waals surface area (Å²) in [4.78, 5) is 10.3. The first-order valence-electron chi connectivity index (χ1n) is 14.8. The predicted molar refractivity (Wildman–Crippen MR) is 186 cm³/mol. The van der Waals surface area contributed by atoms with Crippen LogP contribution in [0.5, 0.6) is 0 Å². The van der Waals surface area contributed by atoms with Crippen LogP contribution in [0.3, 0.4) is 0 Å². The molecular formula is C40H25N3S. The number of rotatable bonds is 4. The number of benzene rings is 6. The molecule has 0 saturated heterocycles. The molecule has 0 N–H and O–H groups in total. The van der Waals surface area contributed by atoms with Crippen LogP contribution in [0.25, 0.3) is 81.6 Å². The minimum absolute atomic E-state index is 0.710. The molecule has 0 aliphatic rings. The molecule has 0 spiro atoms. The minimum atomic E-state index is 0.710. The molecule has 6 aromatic carbocycles. The summed E-state index contributed by atoms with van der Waals surface area (Å²) in [6, 6.07) is 53.5. The Hall–Kier alpha value is -5.58. The van der Waals surface area contributed by atoms with Gasteiger partial charge in [-0.15, -0.1) is 11.3 Å². The zero-order valence-corrected chi connectivity index (χ0v) is 24.5. The van der Waals surface area contributed by atoms with Crippen LogP contribution < -0.4 is 0 Å². The lowest BCUT2D eigenvalue weighted by Gasteiger charge is -2.12. The summed E-state index contributed by atoms with van der Waals surface area (Å²) in [7, 11) is 0. The molecule has 0 unspecified atom stereocenters. The zero-order chi connectivity index (χ0) is 29.0. The van der Waals surface area contributed by atoms with Gasteiger partial charge in [0.15, 0.2) is 5.82 Å². The van der Waals surface area contributed by atoms with Crippen LogP contribution >= 0.6 is 11.3 Å². The van der Waals surface area contributed by atoms with Gasteiger partial charge in [-0.2, -0.15) is 0 Å². The Morgan fingerprint density at radius 1 is 0.455 bits per heavy atom. The average Bonchev–Trinajstić information content (AvgIpc) is 3.65. The van der Waals surface area contributed by atoms with Crippen molar-refractivity contribution in [3.8, 4) is 39.6 Å². The highest BCUT2D eigenvalue weighted by atomic mass is 32.1. The van der Waals surface area contributed by atoms with E-state index in [-0.39, 0.29) is 0 Å². The Bertz CT molecular complexity index is 2420. The summed E-state index contributed by atoms with van der Waals surface area (Å²) < 4.78 is 4.91. The number of thiophene rings is 1. The van der Waals surface area contributed by atoms with Gasteiger partial charge in [-0.3, -0.25) is 4.57 Å². The Morgan fingerprint density at radius 2 is 1.11 bits per heavy atom. The van der Waals surface area contributed by atoms with Crippen LogP contribution in [-0.4, -0.2) is 14.5 Å². The van der Waals surface area contributed by atoms with Gasteiger partial charge in [0, 0.05) is 43.4 Å². The Morgan fingerprint density at radius 3 is 1.89 bits per heavy atom. The van der Waals surface area contributed by atoms with Gasteiger partial charge in [0.25, 0.3) is 0 Å². The summed E-state index contributed by atoms with van der Waals surface area (Å²) in [6.45, 7) is 0. The molecule has 9 rings (SSSR count). The molecule has 3 aromatic heterocycles. The van der Waals surface area contributed by atoms with Gasteiger partial charge < -0.3 is 0 Å². The van der Waals surface area contributed by atoms with E-state index in [0.717, 1.165) is 28.2 Å². The maximum absolute atomic E-state index is 5.27. The summed E-state index contributed by atoms with van der Waals surface area (Å²) in [5, 5.41) is 4.99. The van der Waals surface area contributed by atoms with E-state index >= 15 is 0 Å². The molecule has 3 heterocycles. The van der Waals surface area contributed by atoms with Crippen molar-refractivity contribution in [2.24, 2.45) is 0 Å². The second-order valence-corrected chi connectivity index (χ2v) is 12.1. The average molecular weight is 580 g/mol. The Labute approximate surface area is 258 Å². The number of nitrogens with zero attached hydrogens (tertiary/aromatic N) is 3. The molecule has 0 radical (unpaired) electrons. The van der Waals surface area contributed by atoms with Crippen molar-refractivity contribution in [3.63, 3.8) is 0 Å². The van der Waals surface area contributed by atoms with E-state index in [1.807, 2.05) is 35.6 Å². The van der Waals surface area contributed by atoms with Gasteiger partial charge in [0.1, 0.15) is 5.82 Å². The van der Waals surface area contributed by atoms with Gasteiger partial charge >= 0.3 is 0 Å². The van der Waals surface area contributed by atoms with E-state index in [4.69, 9.17) is 9.97 Å². The highest BCUT2D eigenvalue weighted by Crippen LogP contribution is 2.43. The normalized spacial score (nSPS) is 11.6. The number of hydrogen-bond donors (Lipinski definition) is 0. The standard InChI is InChI=1S/C40H25N3S/c1-4-12-26(13-5-1)29-20-23-35-33(24-29)31-21-22-32-30-18-10-11-19-36(30)44-39(32)38(31)43(35)37-25-34(27-14-6-2-7-15-27)41-40(42-37)28-16-8-3-9-17-28/h1-25H. The smallest absolute Gasteiger partial charge is 0.162 e. The third-order valence-corrected chi connectivity index (χ3v) is 9.62. The Balaban J connectivity index is 1.42. The first-order chi connectivity index (χ1) is 21.8. The van der Waals surface area contributed by atoms with Gasteiger partial charge in [-0.1, -0.05) is 127 Å². The quantitative estimate of drug-likeness (QED) is 0.208. The molecule has 4 heteroatoms. The molecule has 0 atom stereocenters. The minimum Gasteiger partial charge on any atom is -0.292 e. The van der Waals surface area contributed by atoms with E-state index in [0.29, 0.717) is 5.82 Å². The molecule has 0 bridgehead atoms. The number of fused-ring (bicyclic) bond motifs is 7. The molecule has 0 aliphatic carbocycles. The van der Waals surface area contributed by atoms with E-state index in [9.17, 15) is 0 Å². The topological polar surface area (TPSA) is 30.7 Å². The lowest BCUT2D eigenvalue weighted by Crippen LogP contribution is -2.02. The second kappa shape index (κ2) is 10.0. The van der Waals surface area contributed by atoms with Gasteiger partial charge in [0.05, 0.1) is 21.4 Å². The Kier molecular flexibility index (Phi) is 5.68. The van der Waals surface area contributed by atoms with Gasteiger partial charge in [-0.25, -0.2) is 9.97 Å². The van der Waals surface area contributed by atoms with Gasteiger partial charge in [-0.05, 0) is 29.3 Å². The van der Waals surface area contributed by atoms with Gasteiger partial charge in [0.2, 0.25) is 0 Å². The maximum Gasteiger partial charge on any atom is 0.162 e. The monoisotopic (exact) mass is 579 g/mol. The fraction of sp³-hybridized carbons (Fsp3) is 0. The maximum atomic E-state index is 5.27. The molecule has 44 heavy (non-hydrogen) atoms. The highest BCUT2D eigenvalue weighted by molar-refractivity contribution is 7.26. The van der Waals surface area contributed by atoms with Crippen molar-refractivity contribution in [1.82, 2.24) is 14.5 Å². The van der Waals surface area contributed by atoms with E-state index in [1.165, 1.54) is 47.6 Å². The van der Waals surface area contributed by atoms with Crippen LogP contribution in [0.1, 0.15) is 0 Å². The van der Waals surface area contributed by atoms with E-state index in [2.05, 4.69) is 132 Å². The molecule has 9 aromatic rings. The first kappa shape index (κ1) is 25.0. The van der Waals surface area contributed by atoms with Crippen molar-refractivity contribution in [3.05, 3.63) is 152 Å². The van der Waals surface area contributed by atoms with Crippen molar-refractivity contribution in [1.29, 1.82) is 0 Å². The fourth-order valence-electron chi connectivity index (χ4n) is 6.35. The SMILES string of the molecule is c1ccc(-c2ccc3c(c2)c2ccc4c5ccccc5sc4c2n3-c2cc(-c3ccccc3)nc(-c3ccccc3)n2)cc1. The molecule has 0 aliphatic heterocycles. The van der Waals surface area contributed by atoms with Crippen LogP contribution in [0.15, 0.2) is 152 Å². The summed E-state index contributed by atoms with van der Waals surface area (Å²) in [5.74, 6) is 1.57. The largest absolute Gasteiger partial charge is 0.292 e. The first-order valence-corrected chi connectivity index (χ1v) is 15.6. The molecular weight excluding hydrogens is 555 g/mol. The molecule has 0 saturated carbocycles. The van der Waals surface area contributed by atoms with Crippen LogP contribution in [0.2, 0.25) is 0 Å². The van der Waals surface area contributed by atoms with E-state index < -0.39 is 0 Å². The molecule has 206 valence electrons. The third-order valence-electron chi connectivity index (χ3n) is 8.42. The van der Waals surface area contributed by atoms with Crippen LogP contribution in [0, 0.1) is 0 Å². The lowest BCUT2D eigenvalue weighted by molar-refractivity contribution is 1.05. The lowest BCUT2D eigenvalue weighted by atomic mass is 10.0. The summed E-state index contributed by atoms with van der Waals surface area (Å²) >= 11 is 1.85. The van der Waals surface area contributed by atoms with Crippen molar-refractivity contribution in [2.75, 3.05) is 0 Å². The number of hydrogen-bond acceptors (Lipinski definition) is 3. The molecule has 3 nitrogen and oxygen atoms in total. The van der Waals surface area contributed by atoms with Crippen molar-refractivity contribution in [2.45, 2.75) is 0 Å². The second-order valence-electron chi connectivity index (χ2n) is 11.0. The third kappa shape index (κ3) is 3.96. The molecule has 0 fully saturated rings. The summed E-state index contributed by atoms with van der Waals surface area (Å²) in [5.41, 5.74) is 7.67. The van der Waals surface area contributed by atoms with Crippen molar-refractivity contribution >= 4 is 53.3 Å². The summed E-state index contributed by atoms with van der Waals surface area (Å²) in [6.07, 6.45) is 0. The molecule has 0 amide bonds. The van der Waals surface area contributed by atoms with Crippen molar-refractivity contribution < 1.29 is 0 Å². The van der Waals surface area contributed by atoms with E-state index in [1.54, 1.807) is 0 Å². The highest BCUT2D eigenvalue weighted by Gasteiger charge is 2.20. The van der Waals surface area contributed by atoms with Crippen LogP contribution in [0.4, 0.5) is 0 Å². The fourth-order valence-corrected chi connectivity index (χ4v) is 7.59. The zero-order valence-electron chi connectivity index (χ0n) is 23.7.